The Hall–Kier alpha value is -3.94. The lowest BCUT2D eigenvalue weighted by molar-refractivity contribution is -0.132. The van der Waals surface area contributed by atoms with Crippen LogP contribution in [-0.4, -0.2) is 23.8 Å². The maximum Gasteiger partial charge on any atom is 0.335 e. The predicted molar refractivity (Wildman–Crippen MR) is 109 cm³/mol. The first-order chi connectivity index (χ1) is 13.8. The van der Waals surface area contributed by atoms with Crippen LogP contribution in [0.15, 0.2) is 60.8 Å². The van der Waals surface area contributed by atoms with E-state index in [2.05, 4.69) is 22.5 Å². The SMILES string of the molecule is C=C(Nc1ccc(NC(C)=O)cc1)[C@@H]1C(=O)NC(=O)N(c2ccc(C)cc2)C1=O. The molecular formula is C21H20N4O4. The van der Waals surface area contributed by atoms with Crippen LogP contribution < -0.4 is 20.9 Å². The lowest BCUT2D eigenvalue weighted by Gasteiger charge is -2.31. The van der Waals surface area contributed by atoms with Crippen LogP contribution in [-0.2, 0) is 14.4 Å². The summed E-state index contributed by atoms with van der Waals surface area (Å²) in [7, 11) is 0. The van der Waals surface area contributed by atoms with E-state index in [0.29, 0.717) is 17.1 Å². The molecule has 1 fully saturated rings. The van der Waals surface area contributed by atoms with Gasteiger partial charge in [-0.05, 0) is 43.3 Å². The van der Waals surface area contributed by atoms with Crippen LogP contribution >= 0.6 is 0 Å². The van der Waals surface area contributed by atoms with E-state index in [1.165, 1.54) is 6.92 Å². The maximum absolute atomic E-state index is 12.9. The fourth-order valence-corrected chi connectivity index (χ4v) is 2.92. The number of carbonyl (C=O) groups excluding carboxylic acids is 4. The highest BCUT2D eigenvalue weighted by Gasteiger charge is 2.42. The molecule has 3 N–H and O–H groups in total. The van der Waals surface area contributed by atoms with Crippen molar-refractivity contribution >= 4 is 40.8 Å². The molecule has 0 radical (unpaired) electrons. The number of nitrogens with zero attached hydrogens (tertiary/aromatic N) is 1. The molecule has 1 heterocycles. The number of imide groups is 2. The third kappa shape index (κ3) is 4.32. The van der Waals surface area contributed by atoms with Crippen LogP contribution in [0.2, 0.25) is 0 Å². The molecule has 0 spiro atoms. The Morgan fingerprint density at radius 3 is 2.07 bits per heavy atom. The molecule has 29 heavy (non-hydrogen) atoms. The molecule has 1 saturated heterocycles. The van der Waals surface area contributed by atoms with Crippen molar-refractivity contribution in [1.29, 1.82) is 0 Å². The number of nitrogens with one attached hydrogen (secondary N) is 3. The zero-order valence-electron chi connectivity index (χ0n) is 16.0. The summed E-state index contributed by atoms with van der Waals surface area (Å²) in [6.07, 6.45) is 0. The number of benzene rings is 2. The monoisotopic (exact) mass is 392 g/mol. The number of rotatable bonds is 5. The van der Waals surface area contributed by atoms with Gasteiger partial charge in [-0.25, -0.2) is 9.69 Å². The highest BCUT2D eigenvalue weighted by atomic mass is 16.2. The van der Waals surface area contributed by atoms with Gasteiger partial charge in [-0.3, -0.25) is 19.7 Å². The molecule has 0 aromatic heterocycles. The molecule has 0 aliphatic carbocycles. The van der Waals surface area contributed by atoms with E-state index in [1.807, 2.05) is 6.92 Å². The smallest absolute Gasteiger partial charge is 0.335 e. The summed E-state index contributed by atoms with van der Waals surface area (Å²) in [6.45, 7) is 7.10. The molecule has 2 aromatic rings. The Morgan fingerprint density at radius 1 is 0.966 bits per heavy atom. The molecule has 0 bridgehead atoms. The summed E-state index contributed by atoms with van der Waals surface area (Å²) in [5.74, 6) is -2.89. The molecule has 3 rings (SSSR count). The van der Waals surface area contributed by atoms with Gasteiger partial charge in [0.2, 0.25) is 11.8 Å². The molecule has 0 saturated carbocycles. The van der Waals surface area contributed by atoms with E-state index in [9.17, 15) is 19.2 Å². The van der Waals surface area contributed by atoms with Gasteiger partial charge in [-0.15, -0.1) is 0 Å². The van der Waals surface area contributed by atoms with Crippen molar-refractivity contribution in [2.24, 2.45) is 5.92 Å². The van der Waals surface area contributed by atoms with Gasteiger partial charge in [0.25, 0.3) is 5.91 Å². The van der Waals surface area contributed by atoms with Crippen molar-refractivity contribution in [3.8, 4) is 0 Å². The summed E-state index contributed by atoms with van der Waals surface area (Å²) in [5.41, 5.74) is 2.65. The normalized spacial score (nSPS) is 16.3. The Kier molecular flexibility index (Phi) is 5.45. The van der Waals surface area contributed by atoms with Crippen molar-refractivity contribution < 1.29 is 19.2 Å². The van der Waals surface area contributed by atoms with Crippen LogP contribution in [0.25, 0.3) is 0 Å². The molecule has 1 aliphatic heterocycles. The summed E-state index contributed by atoms with van der Waals surface area (Å²) in [4.78, 5) is 49.5. The number of carbonyl (C=O) groups is 4. The zero-order chi connectivity index (χ0) is 21.1. The first kappa shape index (κ1) is 19.8. The Labute approximate surface area is 167 Å². The molecule has 8 heteroatoms. The van der Waals surface area contributed by atoms with Crippen LogP contribution in [0.1, 0.15) is 12.5 Å². The Balaban J connectivity index is 1.79. The molecule has 148 valence electrons. The summed E-state index contributed by atoms with van der Waals surface area (Å²) in [6, 6.07) is 12.7. The Bertz CT molecular complexity index is 996. The number of hydrogen-bond donors (Lipinski definition) is 3. The number of anilines is 3. The molecule has 0 unspecified atom stereocenters. The van der Waals surface area contributed by atoms with Gasteiger partial charge in [-0.2, -0.15) is 0 Å². The average Bonchev–Trinajstić information content (AvgIpc) is 2.64. The van der Waals surface area contributed by atoms with Gasteiger partial charge in [0.15, 0.2) is 5.92 Å². The topological polar surface area (TPSA) is 108 Å². The standard InChI is InChI=1S/C21H20N4O4/c1-12-4-10-17(11-5-12)25-20(28)18(19(27)24-21(25)29)13(2)22-15-6-8-16(9-7-15)23-14(3)26/h4-11,18,22H,2H2,1,3H3,(H,23,26)(H,24,27,29)/t18-/m1/s1. The van der Waals surface area contributed by atoms with Crippen molar-refractivity contribution in [2.45, 2.75) is 13.8 Å². The number of hydrogen-bond acceptors (Lipinski definition) is 5. The number of amides is 5. The second-order valence-electron chi connectivity index (χ2n) is 6.65. The van der Waals surface area contributed by atoms with Crippen molar-refractivity contribution in [1.82, 2.24) is 5.32 Å². The summed E-state index contributed by atoms with van der Waals surface area (Å²) < 4.78 is 0. The third-order valence-corrected chi connectivity index (χ3v) is 4.31. The van der Waals surface area contributed by atoms with Crippen molar-refractivity contribution in [2.75, 3.05) is 15.5 Å². The minimum absolute atomic E-state index is 0.129. The van der Waals surface area contributed by atoms with Gasteiger partial charge in [0, 0.05) is 24.0 Å². The van der Waals surface area contributed by atoms with Crippen LogP contribution in [0.5, 0.6) is 0 Å². The number of urea groups is 1. The quantitative estimate of drug-likeness (QED) is 0.678. The van der Waals surface area contributed by atoms with Crippen LogP contribution in [0, 0.1) is 12.8 Å². The molecule has 1 atom stereocenters. The van der Waals surface area contributed by atoms with E-state index in [0.717, 1.165) is 10.5 Å². The minimum atomic E-state index is -1.27. The lowest BCUT2D eigenvalue weighted by Crippen LogP contribution is -2.59. The molecule has 2 aromatic carbocycles. The molecular weight excluding hydrogens is 372 g/mol. The first-order valence-electron chi connectivity index (χ1n) is 8.85. The average molecular weight is 392 g/mol. The van der Waals surface area contributed by atoms with Gasteiger partial charge < -0.3 is 10.6 Å². The van der Waals surface area contributed by atoms with Crippen molar-refractivity contribution in [3.63, 3.8) is 0 Å². The molecule has 8 nitrogen and oxygen atoms in total. The third-order valence-electron chi connectivity index (χ3n) is 4.31. The second-order valence-corrected chi connectivity index (χ2v) is 6.65. The highest BCUT2D eigenvalue weighted by molar-refractivity contribution is 6.28. The first-order valence-corrected chi connectivity index (χ1v) is 8.85. The number of aryl methyl sites for hydroxylation is 1. The predicted octanol–water partition coefficient (Wildman–Crippen LogP) is 2.78. The van der Waals surface area contributed by atoms with Gasteiger partial charge in [-0.1, -0.05) is 24.3 Å². The van der Waals surface area contributed by atoms with E-state index in [4.69, 9.17) is 0 Å². The maximum atomic E-state index is 12.9. The summed E-state index contributed by atoms with van der Waals surface area (Å²) >= 11 is 0. The van der Waals surface area contributed by atoms with Gasteiger partial charge in [0.1, 0.15) is 0 Å². The minimum Gasteiger partial charge on any atom is -0.358 e. The molecule has 1 aliphatic rings. The number of barbiturate groups is 1. The Morgan fingerprint density at radius 2 is 1.52 bits per heavy atom. The van der Waals surface area contributed by atoms with E-state index < -0.39 is 23.8 Å². The van der Waals surface area contributed by atoms with E-state index in [1.54, 1.807) is 48.5 Å². The lowest BCUT2D eigenvalue weighted by atomic mass is 10.0. The highest BCUT2D eigenvalue weighted by Crippen LogP contribution is 2.25. The van der Waals surface area contributed by atoms with Crippen LogP contribution in [0.3, 0.4) is 0 Å². The van der Waals surface area contributed by atoms with E-state index in [-0.39, 0.29) is 11.6 Å². The second kappa shape index (κ2) is 7.97. The van der Waals surface area contributed by atoms with E-state index >= 15 is 0 Å². The molecule has 5 amide bonds. The summed E-state index contributed by atoms with van der Waals surface area (Å²) in [5, 5.41) is 7.77. The fourth-order valence-electron chi connectivity index (χ4n) is 2.92. The van der Waals surface area contributed by atoms with Crippen LogP contribution in [0.4, 0.5) is 21.9 Å². The largest absolute Gasteiger partial charge is 0.358 e. The fraction of sp³-hybridized carbons (Fsp3) is 0.143. The van der Waals surface area contributed by atoms with Crippen molar-refractivity contribution in [3.05, 3.63) is 66.4 Å². The van der Waals surface area contributed by atoms with Gasteiger partial charge >= 0.3 is 6.03 Å². The zero-order valence-corrected chi connectivity index (χ0v) is 16.0. The van der Waals surface area contributed by atoms with Gasteiger partial charge in [0.05, 0.1) is 5.69 Å².